The van der Waals surface area contributed by atoms with Gasteiger partial charge in [0, 0.05) is 17.6 Å². The second kappa shape index (κ2) is 4.30. The molecular formula is C14H18O2. The van der Waals surface area contributed by atoms with Gasteiger partial charge in [0.2, 0.25) is 0 Å². The number of benzene rings is 1. The van der Waals surface area contributed by atoms with Gasteiger partial charge in [-0.05, 0) is 26.3 Å². The summed E-state index contributed by atoms with van der Waals surface area (Å²) in [6.45, 7) is 7.05. The highest BCUT2D eigenvalue weighted by Crippen LogP contribution is 2.32. The van der Waals surface area contributed by atoms with Crippen LogP contribution in [-0.4, -0.2) is 6.61 Å². The van der Waals surface area contributed by atoms with E-state index in [1.54, 1.807) is 6.26 Å². The fourth-order valence-electron chi connectivity index (χ4n) is 1.88. The van der Waals surface area contributed by atoms with Gasteiger partial charge in [-0.15, -0.1) is 0 Å². The van der Waals surface area contributed by atoms with Crippen molar-refractivity contribution in [2.45, 2.75) is 32.8 Å². The lowest BCUT2D eigenvalue weighted by molar-refractivity contribution is -0.0206. The molecule has 1 heterocycles. The van der Waals surface area contributed by atoms with E-state index in [1.807, 2.05) is 18.2 Å². The average Bonchev–Trinajstić information content (AvgIpc) is 2.71. The Balaban J connectivity index is 2.38. The van der Waals surface area contributed by atoms with Gasteiger partial charge in [-0.25, -0.2) is 0 Å². The topological polar surface area (TPSA) is 22.4 Å². The van der Waals surface area contributed by atoms with Crippen LogP contribution in [0.15, 0.2) is 34.9 Å². The van der Waals surface area contributed by atoms with Gasteiger partial charge in [0.1, 0.15) is 5.58 Å². The molecule has 0 fully saturated rings. The van der Waals surface area contributed by atoms with Crippen molar-refractivity contribution in [1.82, 2.24) is 0 Å². The van der Waals surface area contributed by atoms with Crippen molar-refractivity contribution in [3.05, 3.63) is 36.1 Å². The zero-order valence-corrected chi connectivity index (χ0v) is 10.1. The summed E-state index contributed by atoms with van der Waals surface area (Å²) in [6.07, 6.45) is 2.83. The van der Waals surface area contributed by atoms with Crippen LogP contribution < -0.4 is 0 Å². The first-order valence-corrected chi connectivity index (χ1v) is 5.76. The molecule has 0 N–H and O–H groups in total. The molecule has 2 rings (SSSR count). The predicted octanol–water partition coefficient (Wildman–Crippen LogP) is 4.09. The Hall–Kier alpha value is -1.28. The van der Waals surface area contributed by atoms with Crippen LogP contribution >= 0.6 is 0 Å². The van der Waals surface area contributed by atoms with Gasteiger partial charge in [0.15, 0.2) is 0 Å². The summed E-state index contributed by atoms with van der Waals surface area (Å²) in [5.41, 5.74) is 1.75. The van der Waals surface area contributed by atoms with Crippen molar-refractivity contribution in [1.29, 1.82) is 0 Å². The molecule has 0 saturated heterocycles. The summed E-state index contributed by atoms with van der Waals surface area (Å²) in [6, 6.07) is 8.06. The summed E-state index contributed by atoms with van der Waals surface area (Å²) < 4.78 is 11.4. The van der Waals surface area contributed by atoms with Gasteiger partial charge in [-0.2, -0.15) is 0 Å². The molecule has 86 valence electrons. The zero-order valence-electron chi connectivity index (χ0n) is 10.1. The largest absolute Gasteiger partial charge is 0.464 e. The maximum atomic E-state index is 5.87. The predicted molar refractivity (Wildman–Crippen MR) is 65.5 cm³/mol. The fourth-order valence-corrected chi connectivity index (χ4v) is 1.88. The maximum absolute atomic E-state index is 5.87. The van der Waals surface area contributed by atoms with Crippen LogP contribution in [-0.2, 0) is 10.3 Å². The molecule has 1 aromatic carbocycles. The highest BCUT2D eigenvalue weighted by molar-refractivity contribution is 5.81. The van der Waals surface area contributed by atoms with Crippen molar-refractivity contribution in [2.75, 3.05) is 6.61 Å². The number of para-hydroxylation sites is 1. The van der Waals surface area contributed by atoms with Gasteiger partial charge in [0.25, 0.3) is 0 Å². The second-order valence-corrected chi connectivity index (χ2v) is 4.50. The minimum absolute atomic E-state index is 0.289. The number of furan rings is 1. The standard InChI is InChI=1S/C14H18O2/c1-4-9-16-14(2,3)12-10-15-13-8-6-5-7-11(12)13/h5-8,10H,4,9H2,1-3H3. The van der Waals surface area contributed by atoms with E-state index in [4.69, 9.17) is 9.15 Å². The summed E-state index contributed by atoms with van der Waals surface area (Å²) in [7, 11) is 0. The molecular weight excluding hydrogens is 200 g/mol. The number of rotatable bonds is 4. The first-order valence-electron chi connectivity index (χ1n) is 5.76. The molecule has 0 aliphatic rings. The summed E-state index contributed by atoms with van der Waals surface area (Å²) in [4.78, 5) is 0. The van der Waals surface area contributed by atoms with Gasteiger partial charge in [0.05, 0.1) is 11.9 Å². The van der Waals surface area contributed by atoms with E-state index in [-0.39, 0.29) is 5.60 Å². The number of hydrogen-bond acceptors (Lipinski definition) is 2. The first-order chi connectivity index (χ1) is 7.65. The third-order valence-electron chi connectivity index (χ3n) is 2.80. The van der Waals surface area contributed by atoms with Gasteiger partial charge >= 0.3 is 0 Å². The highest BCUT2D eigenvalue weighted by atomic mass is 16.5. The lowest BCUT2D eigenvalue weighted by atomic mass is 9.97. The Bertz CT molecular complexity index is 468. The minimum Gasteiger partial charge on any atom is -0.464 e. The van der Waals surface area contributed by atoms with Gasteiger partial charge in [-0.1, -0.05) is 25.1 Å². The third kappa shape index (κ3) is 1.98. The SMILES string of the molecule is CCCOC(C)(C)c1coc2ccccc12. The molecule has 0 saturated carbocycles. The molecule has 0 spiro atoms. The second-order valence-electron chi connectivity index (χ2n) is 4.50. The average molecular weight is 218 g/mol. The van der Waals surface area contributed by atoms with E-state index in [2.05, 4.69) is 26.8 Å². The maximum Gasteiger partial charge on any atom is 0.134 e. The lowest BCUT2D eigenvalue weighted by Gasteiger charge is -2.24. The van der Waals surface area contributed by atoms with Crippen molar-refractivity contribution < 1.29 is 9.15 Å². The molecule has 16 heavy (non-hydrogen) atoms. The van der Waals surface area contributed by atoms with Crippen LogP contribution in [0.1, 0.15) is 32.8 Å². The van der Waals surface area contributed by atoms with Crippen LogP contribution in [0.2, 0.25) is 0 Å². The first kappa shape index (κ1) is 11.2. The molecule has 0 atom stereocenters. The Morgan fingerprint density at radius 3 is 2.75 bits per heavy atom. The minimum atomic E-state index is -0.289. The van der Waals surface area contributed by atoms with Crippen LogP contribution in [0.25, 0.3) is 11.0 Å². The van der Waals surface area contributed by atoms with Crippen molar-refractivity contribution in [2.24, 2.45) is 0 Å². The van der Waals surface area contributed by atoms with Crippen LogP contribution in [0.3, 0.4) is 0 Å². The zero-order chi connectivity index (χ0) is 11.6. The molecule has 0 aliphatic heterocycles. The van der Waals surface area contributed by atoms with Crippen molar-refractivity contribution >= 4 is 11.0 Å². The Kier molecular flexibility index (Phi) is 3.01. The quantitative estimate of drug-likeness (QED) is 0.771. The molecule has 2 nitrogen and oxygen atoms in total. The molecule has 0 aliphatic carbocycles. The normalized spacial score (nSPS) is 12.2. The Labute approximate surface area is 96.2 Å². The Morgan fingerprint density at radius 1 is 1.25 bits per heavy atom. The van der Waals surface area contributed by atoms with Crippen LogP contribution in [0, 0.1) is 0 Å². The molecule has 0 unspecified atom stereocenters. The van der Waals surface area contributed by atoms with Crippen molar-refractivity contribution in [3.8, 4) is 0 Å². The molecule has 0 radical (unpaired) electrons. The monoisotopic (exact) mass is 218 g/mol. The summed E-state index contributed by atoms with van der Waals surface area (Å²) in [5, 5.41) is 1.14. The molecule has 1 aromatic heterocycles. The number of fused-ring (bicyclic) bond motifs is 1. The van der Waals surface area contributed by atoms with E-state index < -0.39 is 0 Å². The van der Waals surface area contributed by atoms with Crippen molar-refractivity contribution in [3.63, 3.8) is 0 Å². The lowest BCUT2D eigenvalue weighted by Crippen LogP contribution is -2.21. The van der Waals surface area contributed by atoms with E-state index >= 15 is 0 Å². The fraction of sp³-hybridized carbons (Fsp3) is 0.429. The van der Waals surface area contributed by atoms with E-state index in [9.17, 15) is 0 Å². The van der Waals surface area contributed by atoms with Gasteiger partial charge < -0.3 is 9.15 Å². The van der Waals surface area contributed by atoms with E-state index in [0.717, 1.165) is 29.6 Å². The number of ether oxygens (including phenoxy) is 1. The third-order valence-corrected chi connectivity index (χ3v) is 2.80. The summed E-state index contributed by atoms with van der Waals surface area (Å²) >= 11 is 0. The molecule has 0 amide bonds. The smallest absolute Gasteiger partial charge is 0.134 e. The molecule has 0 bridgehead atoms. The van der Waals surface area contributed by atoms with Gasteiger partial charge in [-0.3, -0.25) is 0 Å². The highest BCUT2D eigenvalue weighted by Gasteiger charge is 2.25. The summed E-state index contributed by atoms with van der Waals surface area (Å²) in [5.74, 6) is 0. The van der Waals surface area contributed by atoms with E-state index in [1.165, 1.54) is 0 Å². The van der Waals surface area contributed by atoms with Crippen LogP contribution in [0.5, 0.6) is 0 Å². The Morgan fingerprint density at radius 2 is 2.00 bits per heavy atom. The number of hydrogen-bond donors (Lipinski definition) is 0. The molecule has 2 heteroatoms. The van der Waals surface area contributed by atoms with Crippen LogP contribution in [0.4, 0.5) is 0 Å². The molecule has 2 aromatic rings. The van der Waals surface area contributed by atoms with E-state index in [0.29, 0.717) is 0 Å².